The average molecular weight is 315 g/mol. The van der Waals surface area contributed by atoms with Crippen LogP contribution in [0.3, 0.4) is 0 Å². The summed E-state index contributed by atoms with van der Waals surface area (Å²) in [4.78, 5) is 22.1. The van der Waals surface area contributed by atoms with E-state index < -0.39 is 10.8 Å². The Morgan fingerprint density at radius 2 is 2.09 bits per heavy atom. The highest BCUT2D eigenvalue weighted by Gasteiger charge is 2.11. The second-order valence-electron chi connectivity index (χ2n) is 4.40. The van der Waals surface area contributed by atoms with Gasteiger partial charge in [-0.1, -0.05) is 12.1 Å². The molecule has 8 heteroatoms. The standard InChI is InChI=1S/C15H13N3O5/c1-23-14-5-3-2-4-12(14)15(20)17-16-9-10-8-11(18(21)22)6-7-13(10)19/h2-9,19H,1H3,(H,17,20). The zero-order chi connectivity index (χ0) is 16.8. The van der Waals surface area contributed by atoms with Crippen molar-refractivity contribution in [2.45, 2.75) is 0 Å². The fourth-order valence-electron chi connectivity index (χ4n) is 1.81. The number of nitrogens with zero attached hydrogens (tertiary/aromatic N) is 2. The van der Waals surface area contributed by atoms with Gasteiger partial charge >= 0.3 is 0 Å². The molecule has 0 saturated heterocycles. The molecule has 1 amide bonds. The van der Waals surface area contributed by atoms with Gasteiger partial charge in [0.05, 0.1) is 23.8 Å². The molecule has 2 aromatic carbocycles. The number of phenols is 1. The van der Waals surface area contributed by atoms with Gasteiger partial charge in [-0.25, -0.2) is 5.43 Å². The third-order valence-electron chi connectivity index (χ3n) is 2.94. The molecule has 0 aromatic heterocycles. The van der Waals surface area contributed by atoms with Crippen molar-refractivity contribution < 1.29 is 19.6 Å². The Labute approximate surface area is 131 Å². The fraction of sp³-hybridized carbons (Fsp3) is 0.0667. The van der Waals surface area contributed by atoms with Gasteiger partial charge in [0.25, 0.3) is 11.6 Å². The Bertz CT molecular complexity index is 773. The summed E-state index contributed by atoms with van der Waals surface area (Å²) >= 11 is 0. The van der Waals surface area contributed by atoms with E-state index in [1.807, 2.05) is 0 Å². The van der Waals surface area contributed by atoms with Crippen LogP contribution in [0.1, 0.15) is 15.9 Å². The lowest BCUT2D eigenvalue weighted by molar-refractivity contribution is -0.384. The number of phenolic OH excluding ortho intramolecular Hbond substituents is 1. The number of methoxy groups -OCH3 is 1. The van der Waals surface area contributed by atoms with Gasteiger partial charge < -0.3 is 9.84 Å². The lowest BCUT2D eigenvalue weighted by atomic mass is 10.2. The quantitative estimate of drug-likeness (QED) is 0.498. The number of ether oxygens (including phenoxy) is 1. The first kappa shape index (κ1) is 16.0. The topological polar surface area (TPSA) is 114 Å². The zero-order valence-corrected chi connectivity index (χ0v) is 12.1. The number of aromatic hydroxyl groups is 1. The van der Waals surface area contributed by atoms with Gasteiger partial charge in [0.1, 0.15) is 11.5 Å². The van der Waals surface area contributed by atoms with E-state index in [0.717, 1.165) is 12.3 Å². The highest BCUT2D eigenvalue weighted by Crippen LogP contribution is 2.21. The minimum atomic E-state index is -0.593. The molecule has 2 rings (SSSR count). The first-order valence-electron chi connectivity index (χ1n) is 6.46. The Kier molecular flexibility index (Phi) is 4.88. The SMILES string of the molecule is COc1ccccc1C(=O)NN=Cc1cc([N+](=O)[O-])ccc1O. The van der Waals surface area contributed by atoms with Gasteiger partial charge in [-0.2, -0.15) is 5.10 Å². The third kappa shape index (κ3) is 3.82. The summed E-state index contributed by atoms with van der Waals surface area (Å²) in [5, 5.41) is 24.0. The average Bonchev–Trinajstić information content (AvgIpc) is 2.56. The van der Waals surface area contributed by atoms with Crippen molar-refractivity contribution in [3.05, 3.63) is 63.7 Å². The molecule has 0 unspecified atom stereocenters. The number of carbonyl (C=O) groups excluding carboxylic acids is 1. The van der Waals surface area contributed by atoms with Crippen molar-refractivity contribution in [2.75, 3.05) is 7.11 Å². The van der Waals surface area contributed by atoms with Crippen LogP contribution in [0.15, 0.2) is 47.6 Å². The minimum Gasteiger partial charge on any atom is -0.507 e. The molecule has 0 bridgehead atoms. The van der Waals surface area contributed by atoms with Crippen LogP contribution >= 0.6 is 0 Å². The Morgan fingerprint density at radius 3 is 2.78 bits per heavy atom. The van der Waals surface area contributed by atoms with Crippen molar-refractivity contribution >= 4 is 17.8 Å². The third-order valence-corrected chi connectivity index (χ3v) is 2.94. The van der Waals surface area contributed by atoms with E-state index in [-0.39, 0.29) is 22.6 Å². The van der Waals surface area contributed by atoms with Gasteiger partial charge in [-0.15, -0.1) is 0 Å². The highest BCUT2D eigenvalue weighted by molar-refractivity contribution is 5.97. The van der Waals surface area contributed by atoms with Crippen LogP contribution in [0.2, 0.25) is 0 Å². The van der Waals surface area contributed by atoms with Crippen LogP contribution in [-0.4, -0.2) is 29.3 Å². The van der Waals surface area contributed by atoms with Crippen molar-refractivity contribution in [1.29, 1.82) is 0 Å². The van der Waals surface area contributed by atoms with Gasteiger partial charge in [-0.3, -0.25) is 14.9 Å². The van der Waals surface area contributed by atoms with Gasteiger partial charge in [0.15, 0.2) is 0 Å². The molecule has 0 heterocycles. The summed E-state index contributed by atoms with van der Waals surface area (Å²) in [5.41, 5.74) is 2.47. The minimum absolute atomic E-state index is 0.111. The predicted octanol–water partition coefficient (Wildman–Crippen LogP) is 2.07. The van der Waals surface area contributed by atoms with Crippen molar-refractivity contribution in [3.8, 4) is 11.5 Å². The highest BCUT2D eigenvalue weighted by atomic mass is 16.6. The Hall–Kier alpha value is -3.42. The van der Waals surface area contributed by atoms with Crippen LogP contribution in [0, 0.1) is 10.1 Å². The number of nitro benzene ring substituents is 1. The number of para-hydroxylation sites is 1. The van der Waals surface area contributed by atoms with E-state index in [9.17, 15) is 20.0 Å². The summed E-state index contributed by atoms with van der Waals surface area (Å²) in [5.74, 6) is -0.312. The lowest BCUT2D eigenvalue weighted by Gasteiger charge is -2.06. The summed E-state index contributed by atoms with van der Waals surface area (Å²) in [6.45, 7) is 0. The number of nitro groups is 1. The molecule has 0 saturated carbocycles. The monoisotopic (exact) mass is 315 g/mol. The molecule has 0 aliphatic rings. The molecule has 0 atom stereocenters. The molecule has 0 aliphatic heterocycles. The fourth-order valence-corrected chi connectivity index (χ4v) is 1.81. The molecule has 2 N–H and O–H groups in total. The van der Waals surface area contributed by atoms with Gasteiger partial charge in [-0.05, 0) is 18.2 Å². The van der Waals surface area contributed by atoms with Gasteiger partial charge in [0, 0.05) is 17.7 Å². The summed E-state index contributed by atoms with van der Waals surface area (Å²) in [6, 6.07) is 10.1. The largest absolute Gasteiger partial charge is 0.507 e. The maximum atomic E-state index is 12.0. The number of hydrogen-bond acceptors (Lipinski definition) is 6. The molecule has 0 spiro atoms. The number of hydrogen-bond donors (Lipinski definition) is 2. The number of rotatable bonds is 5. The molecule has 0 aliphatic carbocycles. The molecule has 2 aromatic rings. The first-order valence-corrected chi connectivity index (χ1v) is 6.46. The van der Waals surface area contributed by atoms with Crippen LogP contribution < -0.4 is 10.2 Å². The van der Waals surface area contributed by atoms with Crippen LogP contribution in [0.25, 0.3) is 0 Å². The predicted molar refractivity (Wildman–Crippen MR) is 82.8 cm³/mol. The number of amides is 1. The number of non-ortho nitro benzene ring substituents is 1. The normalized spacial score (nSPS) is 10.5. The van der Waals surface area contributed by atoms with E-state index in [1.54, 1.807) is 24.3 Å². The number of carbonyl (C=O) groups is 1. The molecule has 23 heavy (non-hydrogen) atoms. The second-order valence-corrected chi connectivity index (χ2v) is 4.40. The van der Waals surface area contributed by atoms with E-state index in [4.69, 9.17) is 4.74 Å². The number of hydrazone groups is 1. The number of nitrogens with one attached hydrogen (secondary N) is 1. The maximum Gasteiger partial charge on any atom is 0.275 e. The van der Waals surface area contributed by atoms with E-state index in [2.05, 4.69) is 10.5 Å². The van der Waals surface area contributed by atoms with E-state index in [1.165, 1.54) is 19.2 Å². The van der Waals surface area contributed by atoms with E-state index >= 15 is 0 Å². The summed E-state index contributed by atoms with van der Waals surface area (Å²) in [7, 11) is 1.44. The van der Waals surface area contributed by atoms with Crippen LogP contribution in [0.5, 0.6) is 11.5 Å². The molecule has 118 valence electrons. The van der Waals surface area contributed by atoms with Crippen LogP contribution in [-0.2, 0) is 0 Å². The zero-order valence-electron chi connectivity index (χ0n) is 12.1. The molecule has 8 nitrogen and oxygen atoms in total. The van der Waals surface area contributed by atoms with Gasteiger partial charge in [0.2, 0.25) is 0 Å². The summed E-state index contributed by atoms with van der Waals surface area (Å²) in [6.07, 6.45) is 1.12. The lowest BCUT2D eigenvalue weighted by Crippen LogP contribution is -2.18. The second kappa shape index (κ2) is 7.03. The molecule has 0 radical (unpaired) electrons. The Morgan fingerprint density at radius 1 is 1.35 bits per heavy atom. The number of benzene rings is 2. The summed E-state index contributed by atoms with van der Waals surface area (Å²) < 4.78 is 5.06. The Balaban J connectivity index is 2.14. The smallest absolute Gasteiger partial charge is 0.275 e. The van der Waals surface area contributed by atoms with Crippen molar-refractivity contribution in [1.82, 2.24) is 5.43 Å². The van der Waals surface area contributed by atoms with Crippen LogP contribution in [0.4, 0.5) is 5.69 Å². The molecular formula is C15H13N3O5. The van der Waals surface area contributed by atoms with Crippen molar-refractivity contribution in [2.24, 2.45) is 5.10 Å². The van der Waals surface area contributed by atoms with Crippen molar-refractivity contribution in [3.63, 3.8) is 0 Å². The first-order chi connectivity index (χ1) is 11.0. The maximum absolute atomic E-state index is 12.0. The van der Waals surface area contributed by atoms with E-state index in [0.29, 0.717) is 5.75 Å². The molecule has 0 fully saturated rings. The molecular weight excluding hydrogens is 302 g/mol.